The minimum atomic E-state index is -1.40. The molecule has 0 aliphatic carbocycles. The molecule has 6 nitrogen and oxygen atoms in total. The van der Waals surface area contributed by atoms with Crippen molar-refractivity contribution in [3.8, 4) is 5.75 Å². The molecular formula is C35H27ClN2O4. The summed E-state index contributed by atoms with van der Waals surface area (Å²) in [7, 11) is 1.54. The lowest BCUT2D eigenvalue weighted by Crippen LogP contribution is -2.51. The van der Waals surface area contributed by atoms with E-state index in [1.54, 1.807) is 48.5 Å². The number of hydrogen-bond donors (Lipinski definition) is 1. The zero-order valence-corrected chi connectivity index (χ0v) is 23.8. The molecule has 0 bridgehead atoms. The number of allylic oxidation sites excluding steroid dienone is 1. The second-order valence-corrected chi connectivity index (χ2v) is 11.4. The first-order chi connectivity index (χ1) is 20.4. The summed E-state index contributed by atoms with van der Waals surface area (Å²) in [5.74, 6) is -1.51. The zero-order chi connectivity index (χ0) is 29.2. The molecule has 0 saturated carbocycles. The fourth-order valence-corrected chi connectivity index (χ4v) is 7.39. The van der Waals surface area contributed by atoms with Gasteiger partial charge in [0.25, 0.3) is 0 Å². The number of carbonyl (C=O) groups is 3. The van der Waals surface area contributed by atoms with Gasteiger partial charge in [-0.3, -0.25) is 14.4 Å². The number of para-hydroxylation sites is 2. The Kier molecular flexibility index (Phi) is 6.06. The lowest BCUT2D eigenvalue weighted by atomic mass is 9.64. The average molecular weight is 575 g/mol. The number of halogens is 1. The van der Waals surface area contributed by atoms with E-state index in [2.05, 4.69) is 5.32 Å². The summed E-state index contributed by atoms with van der Waals surface area (Å²) in [5.41, 5.74) is 3.33. The quantitative estimate of drug-likeness (QED) is 0.272. The van der Waals surface area contributed by atoms with Crippen LogP contribution < -0.4 is 15.0 Å². The van der Waals surface area contributed by atoms with Crippen molar-refractivity contribution < 1.29 is 19.1 Å². The van der Waals surface area contributed by atoms with Crippen molar-refractivity contribution >= 4 is 46.0 Å². The number of ketones is 2. The summed E-state index contributed by atoms with van der Waals surface area (Å²) in [6.45, 7) is 2.00. The van der Waals surface area contributed by atoms with Crippen molar-refractivity contribution in [1.29, 1.82) is 0 Å². The van der Waals surface area contributed by atoms with Crippen LogP contribution in [-0.4, -0.2) is 36.7 Å². The standard InChI is InChI=1S/C35H27ClN2O4/c1-20-18-29-35(25-14-5-7-16-27(25)37-34(35)41)30(32(39)21-10-9-11-22(19-21)42-2)31(33(40)24-13-3-6-15-26(24)36)38(29)28-17-8-4-12-23(20)28/h3-19,29-31H,1-2H3,(H,37,41)/t29-,30+,31-,35-/m1/s1. The first-order valence-corrected chi connectivity index (χ1v) is 14.2. The van der Waals surface area contributed by atoms with Crippen LogP contribution in [0.3, 0.4) is 0 Å². The van der Waals surface area contributed by atoms with Gasteiger partial charge in [-0.15, -0.1) is 0 Å². The Bertz CT molecular complexity index is 1830. The number of carbonyl (C=O) groups excluding carboxylic acids is 3. The highest BCUT2D eigenvalue weighted by atomic mass is 35.5. The van der Waals surface area contributed by atoms with Crippen LogP contribution >= 0.6 is 11.6 Å². The maximum Gasteiger partial charge on any atom is 0.238 e. The Morgan fingerprint density at radius 1 is 0.905 bits per heavy atom. The minimum Gasteiger partial charge on any atom is -0.497 e. The van der Waals surface area contributed by atoms with E-state index in [0.717, 1.165) is 16.8 Å². The lowest BCUT2D eigenvalue weighted by Gasteiger charge is -2.39. The van der Waals surface area contributed by atoms with Gasteiger partial charge in [-0.2, -0.15) is 0 Å². The predicted molar refractivity (Wildman–Crippen MR) is 163 cm³/mol. The van der Waals surface area contributed by atoms with Crippen LogP contribution in [0, 0.1) is 5.92 Å². The zero-order valence-electron chi connectivity index (χ0n) is 23.0. The van der Waals surface area contributed by atoms with Gasteiger partial charge in [-0.05, 0) is 54.5 Å². The van der Waals surface area contributed by atoms with Crippen LogP contribution in [-0.2, 0) is 10.2 Å². The van der Waals surface area contributed by atoms with Crippen molar-refractivity contribution in [3.05, 3.63) is 130 Å². The maximum absolute atomic E-state index is 14.9. The van der Waals surface area contributed by atoms with Crippen molar-refractivity contribution in [2.75, 3.05) is 17.3 Å². The predicted octanol–water partition coefficient (Wildman–Crippen LogP) is 6.59. The summed E-state index contributed by atoms with van der Waals surface area (Å²) in [6, 6.07) is 27.4. The molecule has 0 radical (unpaired) electrons. The molecule has 4 aromatic rings. The van der Waals surface area contributed by atoms with Gasteiger partial charge >= 0.3 is 0 Å². The second kappa shape index (κ2) is 9.71. The fourth-order valence-electron chi connectivity index (χ4n) is 7.16. The van der Waals surface area contributed by atoms with Gasteiger partial charge in [-0.25, -0.2) is 0 Å². The van der Waals surface area contributed by atoms with E-state index in [9.17, 15) is 14.4 Å². The number of fused-ring (bicyclic) bond motifs is 6. The SMILES string of the molecule is COc1cccc(C(=O)[C@@H]2[C@H](C(=O)c3ccccc3Cl)N3c4ccccc4C(C)=C[C@@H]3[C@@]23C(=O)Nc2ccccc23)c1. The number of nitrogens with zero attached hydrogens (tertiary/aromatic N) is 1. The van der Waals surface area contributed by atoms with Gasteiger partial charge in [0, 0.05) is 28.1 Å². The highest BCUT2D eigenvalue weighted by molar-refractivity contribution is 6.34. The smallest absolute Gasteiger partial charge is 0.238 e. The lowest BCUT2D eigenvalue weighted by molar-refractivity contribution is -0.121. The van der Waals surface area contributed by atoms with Gasteiger partial charge < -0.3 is 15.0 Å². The molecule has 3 aliphatic rings. The molecule has 1 saturated heterocycles. The molecule has 7 rings (SSSR count). The number of methoxy groups -OCH3 is 1. The van der Waals surface area contributed by atoms with E-state index in [1.807, 2.05) is 66.4 Å². The molecule has 0 unspecified atom stereocenters. The third-order valence-corrected chi connectivity index (χ3v) is 9.26. The van der Waals surface area contributed by atoms with Crippen LogP contribution in [0.15, 0.2) is 103 Å². The number of hydrogen-bond acceptors (Lipinski definition) is 5. The molecule has 3 aliphatic heterocycles. The minimum absolute atomic E-state index is 0.292. The number of rotatable bonds is 5. The van der Waals surface area contributed by atoms with Crippen LogP contribution in [0.5, 0.6) is 5.75 Å². The fraction of sp³-hybridized carbons (Fsp3) is 0.171. The van der Waals surface area contributed by atoms with E-state index in [1.165, 1.54) is 7.11 Å². The molecule has 1 amide bonds. The normalized spacial score (nSPS) is 23.5. The van der Waals surface area contributed by atoms with Crippen molar-refractivity contribution in [2.45, 2.75) is 24.4 Å². The number of Topliss-reactive ketones (excluding diaryl/α,β-unsaturated/α-hetero) is 2. The molecule has 208 valence electrons. The van der Waals surface area contributed by atoms with E-state index < -0.39 is 23.4 Å². The number of ether oxygens (including phenoxy) is 1. The van der Waals surface area contributed by atoms with Gasteiger partial charge in [0.05, 0.1) is 24.1 Å². The second-order valence-electron chi connectivity index (χ2n) is 11.0. The Morgan fingerprint density at radius 2 is 1.64 bits per heavy atom. The maximum atomic E-state index is 14.9. The highest BCUT2D eigenvalue weighted by Crippen LogP contribution is 2.59. The Morgan fingerprint density at radius 3 is 2.45 bits per heavy atom. The van der Waals surface area contributed by atoms with Crippen molar-refractivity contribution in [2.24, 2.45) is 5.92 Å². The van der Waals surface area contributed by atoms with Gasteiger partial charge in [0.2, 0.25) is 5.91 Å². The Labute approximate surface area is 248 Å². The van der Waals surface area contributed by atoms with Crippen LogP contribution in [0.25, 0.3) is 5.57 Å². The van der Waals surface area contributed by atoms with E-state index in [0.29, 0.717) is 33.1 Å². The summed E-state index contributed by atoms with van der Waals surface area (Å²) >= 11 is 6.61. The van der Waals surface area contributed by atoms with Crippen LogP contribution in [0.1, 0.15) is 38.8 Å². The average Bonchev–Trinajstić information content (AvgIpc) is 3.49. The number of anilines is 2. The topological polar surface area (TPSA) is 75.7 Å². The Hall–Kier alpha value is -4.68. The molecule has 1 N–H and O–H groups in total. The van der Waals surface area contributed by atoms with Crippen LogP contribution in [0.2, 0.25) is 5.02 Å². The monoisotopic (exact) mass is 574 g/mol. The molecule has 0 aromatic heterocycles. The molecule has 1 fully saturated rings. The van der Waals surface area contributed by atoms with Crippen molar-refractivity contribution in [3.63, 3.8) is 0 Å². The third-order valence-electron chi connectivity index (χ3n) is 8.93. The third kappa shape index (κ3) is 3.55. The molecule has 4 atom stereocenters. The summed E-state index contributed by atoms with van der Waals surface area (Å²) in [4.78, 5) is 46.2. The molecular weight excluding hydrogens is 548 g/mol. The van der Waals surface area contributed by atoms with Gasteiger partial charge in [-0.1, -0.05) is 78.3 Å². The first kappa shape index (κ1) is 26.2. The number of nitrogens with one attached hydrogen (secondary N) is 1. The molecule has 3 heterocycles. The molecule has 42 heavy (non-hydrogen) atoms. The van der Waals surface area contributed by atoms with Crippen molar-refractivity contribution in [1.82, 2.24) is 0 Å². The number of benzene rings is 4. The van der Waals surface area contributed by atoms with Gasteiger partial charge in [0.15, 0.2) is 11.6 Å². The summed E-state index contributed by atoms with van der Waals surface area (Å²) in [6.07, 6.45) is 2.04. The summed E-state index contributed by atoms with van der Waals surface area (Å²) in [5, 5.41) is 3.35. The van der Waals surface area contributed by atoms with E-state index in [-0.39, 0.29) is 17.5 Å². The molecule has 1 spiro atoms. The molecule has 4 aromatic carbocycles. The molecule has 7 heteroatoms. The highest BCUT2D eigenvalue weighted by Gasteiger charge is 2.70. The van der Waals surface area contributed by atoms with E-state index >= 15 is 0 Å². The van der Waals surface area contributed by atoms with Gasteiger partial charge in [0.1, 0.15) is 17.2 Å². The largest absolute Gasteiger partial charge is 0.497 e. The van der Waals surface area contributed by atoms with E-state index in [4.69, 9.17) is 16.3 Å². The Balaban J connectivity index is 1.56. The first-order valence-electron chi connectivity index (χ1n) is 13.8. The van der Waals surface area contributed by atoms with Crippen LogP contribution in [0.4, 0.5) is 11.4 Å². The summed E-state index contributed by atoms with van der Waals surface area (Å²) < 4.78 is 5.44. The number of amides is 1.